The predicted octanol–water partition coefficient (Wildman–Crippen LogP) is 3.21. The molecular weight excluding hydrogens is 414 g/mol. The van der Waals surface area contributed by atoms with Gasteiger partial charge in [-0.1, -0.05) is 42.5 Å². The highest BCUT2D eigenvalue weighted by Gasteiger charge is 2.15. The van der Waals surface area contributed by atoms with Crippen LogP contribution in [0.25, 0.3) is 10.8 Å². The van der Waals surface area contributed by atoms with Crippen LogP contribution in [0.3, 0.4) is 0 Å². The third kappa shape index (κ3) is 5.72. The maximum absolute atomic E-state index is 12.2. The highest BCUT2D eigenvalue weighted by atomic mass is 16.6. The first-order valence-electron chi connectivity index (χ1n) is 9.50. The number of amides is 3. The van der Waals surface area contributed by atoms with E-state index in [1.54, 1.807) is 12.1 Å². The summed E-state index contributed by atoms with van der Waals surface area (Å²) in [7, 11) is 0. The molecule has 3 aromatic carbocycles. The van der Waals surface area contributed by atoms with E-state index in [9.17, 15) is 24.5 Å². The minimum absolute atomic E-state index is 0.155. The number of anilines is 2. The van der Waals surface area contributed by atoms with Crippen molar-refractivity contribution in [3.05, 3.63) is 76.8 Å². The summed E-state index contributed by atoms with van der Waals surface area (Å²) >= 11 is 0. The quantitative estimate of drug-likeness (QED) is 0.237. The molecule has 0 bridgehead atoms. The van der Waals surface area contributed by atoms with Crippen molar-refractivity contribution in [1.82, 2.24) is 5.43 Å². The minimum atomic E-state index is -0.989. The summed E-state index contributed by atoms with van der Waals surface area (Å²) in [5.74, 6) is -2.38. The molecule has 0 aliphatic heterocycles. The lowest BCUT2D eigenvalue weighted by Gasteiger charge is -2.08. The van der Waals surface area contributed by atoms with Gasteiger partial charge in [-0.15, -0.1) is 0 Å². The van der Waals surface area contributed by atoms with E-state index in [0.717, 1.165) is 10.8 Å². The van der Waals surface area contributed by atoms with Crippen LogP contribution in [-0.4, -0.2) is 28.4 Å². The Bertz CT molecular complexity index is 1230. The highest BCUT2D eigenvalue weighted by molar-refractivity contribution is 6.40. The second-order valence-corrected chi connectivity index (χ2v) is 6.80. The van der Waals surface area contributed by atoms with Crippen LogP contribution in [0.4, 0.5) is 17.1 Å². The average molecular weight is 433 g/mol. The molecule has 3 amide bonds. The summed E-state index contributed by atoms with van der Waals surface area (Å²) < 4.78 is 0. The molecule has 3 N–H and O–H groups in total. The smallest absolute Gasteiger partial charge is 0.326 e. The molecule has 10 heteroatoms. The average Bonchev–Trinajstić information content (AvgIpc) is 2.77. The van der Waals surface area contributed by atoms with Gasteiger partial charge >= 0.3 is 11.8 Å². The number of nitro benzene ring substituents is 1. The second-order valence-electron chi connectivity index (χ2n) is 6.80. The number of nitro groups is 1. The van der Waals surface area contributed by atoms with Crippen LogP contribution in [-0.2, 0) is 14.4 Å². The Labute approximate surface area is 182 Å². The number of hydrogen-bond donors (Lipinski definition) is 3. The Kier molecular flexibility index (Phi) is 6.86. The lowest BCUT2D eigenvalue weighted by Crippen LogP contribution is -2.33. The molecule has 0 saturated carbocycles. The number of non-ortho nitro benzene ring substituents is 1. The van der Waals surface area contributed by atoms with Crippen LogP contribution in [0, 0.1) is 10.1 Å². The lowest BCUT2D eigenvalue weighted by molar-refractivity contribution is -0.384. The number of nitrogens with zero attached hydrogens (tertiary/aromatic N) is 2. The zero-order chi connectivity index (χ0) is 23.1. The number of hydrogen-bond acceptors (Lipinski definition) is 6. The van der Waals surface area contributed by atoms with Gasteiger partial charge in [-0.25, -0.2) is 5.43 Å². The predicted molar refractivity (Wildman–Crippen MR) is 120 cm³/mol. The Balaban J connectivity index is 1.55. The molecule has 162 valence electrons. The van der Waals surface area contributed by atoms with Crippen molar-refractivity contribution in [2.45, 2.75) is 13.3 Å². The number of rotatable bonds is 6. The molecule has 0 spiro atoms. The van der Waals surface area contributed by atoms with Crippen LogP contribution in [0.5, 0.6) is 0 Å². The Hall–Kier alpha value is -4.60. The second kappa shape index (κ2) is 9.94. The fraction of sp³-hybridized carbons (Fsp3) is 0.0909. The molecule has 0 aromatic heterocycles. The van der Waals surface area contributed by atoms with Crippen LogP contribution < -0.4 is 16.1 Å². The number of nitrogens with one attached hydrogen (secondary N) is 3. The largest absolute Gasteiger partial charge is 0.329 e. The maximum Gasteiger partial charge on any atom is 0.329 e. The first-order valence-corrected chi connectivity index (χ1v) is 9.50. The van der Waals surface area contributed by atoms with E-state index < -0.39 is 22.6 Å². The van der Waals surface area contributed by atoms with Crippen molar-refractivity contribution in [3.8, 4) is 0 Å². The topological polar surface area (TPSA) is 143 Å². The standard InChI is InChI=1S/C22H19N5O5/c1-14(12-20(28)23-16-8-5-9-17(13-16)27(31)32)25-26-22(30)21(29)24-19-11-4-7-15-6-2-3-10-18(15)19/h2-11,13H,12H2,1H3,(H,23,28)(H,24,29)(H,26,30). The van der Waals surface area contributed by atoms with Gasteiger partial charge < -0.3 is 10.6 Å². The Morgan fingerprint density at radius 1 is 0.938 bits per heavy atom. The first kappa shape index (κ1) is 22.1. The minimum Gasteiger partial charge on any atom is -0.326 e. The summed E-state index contributed by atoms with van der Waals surface area (Å²) in [5, 5.41) is 21.3. The van der Waals surface area contributed by atoms with Crippen molar-refractivity contribution in [3.63, 3.8) is 0 Å². The molecule has 0 unspecified atom stereocenters. The third-order valence-electron chi connectivity index (χ3n) is 4.35. The van der Waals surface area contributed by atoms with E-state index in [1.807, 2.05) is 30.3 Å². The first-order chi connectivity index (χ1) is 15.3. The molecule has 0 heterocycles. The van der Waals surface area contributed by atoms with Crippen molar-refractivity contribution in [2.24, 2.45) is 5.10 Å². The maximum atomic E-state index is 12.2. The summed E-state index contributed by atoms with van der Waals surface area (Å²) in [6, 6.07) is 18.2. The molecular formula is C22H19N5O5. The van der Waals surface area contributed by atoms with Crippen LogP contribution in [0.1, 0.15) is 13.3 Å². The fourth-order valence-corrected chi connectivity index (χ4v) is 2.88. The summed E-state index contributed by atoms with van der Waals surface area (Å²) in [5.41, 5.74) is 2.94. The zero-order valence-corrected chi connectivity index (χ0v) is 17.0. The lowest BCUT2D eigenvalue weighted by atomic mass is 10.1. The molecule has 0 aliphatic carbocycles. The van der Waals surface area contributed by atoms with Gasteiger partial charge in [-0.3, -0.25) is 24.5 Å². The third-order valence-corrected chi connectivity index (χ3v) is 4.35. The Morgan fingerprint density at radius 3 is 2.44 bits per heavy atom. The van der Waals surface area contributed by atoms with E-state index in [0.29, 0.717) is 5.69 Å². The van der Waals surface area contributed by atoms with Gasteiger partial charge in [0.05, 0.1) is 11.3 Å². The van der Waals surface area contributed by atoms with Gasteiger partial charge in [0, 0.05) is 34.6 Å². The number of hydrazone groups is 1. The summed E-state index contributed by atoms with van der Waals surface area (Å²) in [4.78, 5) is 46.6. The molecule has 0 saturated heterocycles. The highest BCUT2D eigenvalue weighted by Crippen LogP contribution is 2.22. The van der Waals surface area contributed by atoms with Crippen molar-refractivity contribution < 1.29 is 19.3 Å². The van der Waals surface area contributed by atoms with E-state index >= 15 is 0 Å². The summed E-state index contributed by atoms with van der Waals surface area (Å²) in [6.45, 7) is 1.50. The van der Waals surface area contributed by atoms with Gasteiger partial charge in [0.25, 0.3) is 5.69 Å². The summed E-state index contributed by atoms with van der Waals surface area (Å²) in [6.07, 6.45) is -0.187. The number of fused-ring (bicyclic) bond motifs is 1. The van der Waals surface area contributed by atoms with Gasteiger partial charge in [0.2, 0.25) is 5.91 Å². The molecule has 10 nitrogen and oxygen atoms in total. The normalized spacial score (nSPS) is 11.0. The number of benzene rings is 3. The molecule has 0 radical (unpaired) electrons. The molecule has 3 rings (SSSR count). The van der Waals surface area contributed by atoms with E-state index in [1.165, 1.54) is 31.2 Å². The van der Waals surface area contributed by atoms with Crippen LogP contribution >= 0.6 is 0 Å². The molecule has 3 aromatic rings. The van der Waals surface area contributed by atoms with E-state index in [4.69, 9.17) is 0 Å². The van der Waals surface area contributed by atoms with Crippen LogP contribution in [0.15, 0.2) is 71.8 Å². The monoisotopic (exact) mass is 433 g/mol. The van der Waals surface area contributed by atoms with Gasteiger partial charge in [0.1, 0.15) is 0 Å². The van der Waals surface area contributed by atoms with Gasteiger partial charge in [-0.05, 0) is 24.4 Å². The van der Waals surface area contributed by atoms with Gasteiger partial charge in [0.15, 0.2) is 0 Å². The van der Waals surface area contributed by atoms with E-state index in [-0.39, 0.29) is 23.5 Å². The number of carbonyl (C=O) groups is 3. The van der Waals surface area contributed by atoms with Crippen molar-refractivity contribution >= 4 is 51.3 Å². The zero-order valence-electron chi connectivity index (χ0n) is 17.0. The SMILES string of the molecule is CC(CC(=O)Nc1cccc([N+](=O)[O-])c1)=NNC(=O)C(=O)Nc1cccc2ccccc12. The Morgan fingerprint density at radius 2 is 1.66 bits per heavy atom. The molecule has 32 heavy (non-hydrogen) atoms. The molecule has 0 fully saturated rings. The number of carbonyl (C=O) groups excluding carboxylic acids is 3. The molecule has 0 aliphatic rings. The fourth-order valence-electron chi connectivity index (χ4n) is 2.88. The molecule has 0 atom stereocenters. The van der Waals surface area contributed by atoms with Crippen molar-refractivity contribution in [1.29, 1.82) is 0 Å². The van der Waals surface area contributed by atoms with Crippen molar-refractivity contribution in [2.75, 3.05) is 10.6 Å². The van der Waals surface area contributed by atoms with E-state index in [2.05, 4.69) is 21.2 Å². The van der Waals surface area contributed by atoms with Crippen LogP contribution in [0.2, 0.25) is 0 Å². The van der Waals surface area contributed by atoms with Gasteiger partial charge in [-0.2, -0.15) is 5.10 Å².